The molecule has 3 aromatic rings. The Balaban J connectivity index is 1.49. The van der Waals surface area contributed by atoms with E-state index in [0.717, 1.165) is 5.69 Å². The van der Waals surface area contributed by atoms with Crippen LogP contribution in [0.2, 0.25) is 0 Å². The second-order valence-corrected chi connectivity index (χ2v) is 4.81. The molecule has 0 unspecified atom stereocenters. The standard InChI is InChI=1S/C16H16N6O/c23-16(19-10-7-13-5-1-3-8-17-13)21-14-11-20-22(12-14)15-6-2-4-9-18-15/h1-6,8-9,11-12H,7,10H2,(H2,19,21,23). The Morgan fingerprint density at radius 1 is 1.09 bits per heavy atom. The third kappa shape index (κ3) is 4.13. The number of amides is 2. The van der Waals surface area contributed by atoms with Crippen molar-refractivity contribution in [2.75, 3.05) is 11.9 Å². The summed E-state index contributed by atoms with van der Waals surface area (Å²) in [5, 5.41) is 9.69. The molecule has 0 aliphatic carbocycles. The van der Waals surface area contributed by atoms with E-state index >= 15 is 0 Å². The molecule has 0 spiro atoms. The van der Waals surface area contributed by atoms with Gasteiger partial charge in [0.05, 0.1) is 18.1 Å². The molecule has 0 atom stereocenters. The molecule has 7 nitrogen and oxygen atoms in total. The van der Waals surface area contributed by atoms with Crippen LogP contribution in [0.3, 0.4) is 0 Å². The molecule has 0 saturated carbocycles. The number of pyridine rings is 2. The summed E-state index contributed by atoms with van der Waals surface area (Å²) in [6.45, 7) is 0.511. The summed E-state index contributed by atoms with van der Waals surface area (Å²) in [7, 11) is 0. The molecule has 0 fully saturated rings. The van der Waals surface area contributed by atoms with Gasteiger partial charge in [0.15, 0.2) is 5.82 Å². The lowest BCUT2D eigenvalue weighted by Gasteiger charge is -2.05. The Labute approximate surface area is 133 Å². The van der Waals surface area contributed by atoms with Gasteiger partial charge >= 0.3 is 6.03 Å². The SMILES string of the molecule is O=C(NCCc1ccccn1)Nc1cnn(-c2ccccn2)c1. The van der Waals surface area contributed by atoms with E-state index in [1.54, 1.807) is 29.5 Å². The number of carbonyl (C=O) groups excluding carboxylic acids is 1. The van der Waals surface area contributed by atoms with E-state index in [1.165, 1.54) is 0 Å². The molecule has 0 aromatic carbocycles. The summed E-state index contributed by atoms with van der Waals surface area (Å²) >= 11 is 0. The molecule has 2 N–H and O–H groups in total. The maximum absolute atomic E-state index is 11.9. The molecule has 0 aliphatic rings. The van der Waals surface area contributed by atoms with Crippen LogP contribution in [0.25, 0.3) is 5.82 Å². The first-order valence-corrected chi connectivity index (χ1v) is 7.22. The molecular formula is C16H16N6O. The quantitative estimate of drug-likeness (QED) is 0.755. The van der Waals surface area contributed by atoms with Crippen molar-refractivity contribution < 1.29 is 4.79 Å². The maximum Gasteiger partial charge on any atom is 0.319 e. The monoisotopic (exact) mass is 308 g/mol. The second-order valence-electron chi connectivity index (χ2n) is 4.81. The van der Waals surface area contributed by atoms with E-state index in [4.69, 9.17) is 0 Å². The number of rotatable bonds is 5. The highest BCUT2D eigenvalue weighted by atomic mass is 16.2. The van der Waals surface area contributed by atoms with Crippen molar-refractivity contribution in [3.63, 3.8) is 0 Å². The fourth-order valence-electron chi connectivity index (χ4n) is 2.03. The number of nitrogens with zero attached hydrogens (tertiary/aromatic N) is 4. The third-order valence-corrected chi connectivity index (χ3v) is 3.12. The van der Waals surface area contributed by atoms with Crippen LogP contribution in [0, 0.1) is 0 Å². The van der Waals surface area contributed by atoms with Crippen LogP contribution in [0.5, 0.6) is 0 Å². The number of anilines is 1. The fourth-order valence-corrected chi connectivity index (χ4v) is 2.03. The minimum absolute atomic E-state index is 0.276. The first-order valence-electron chi connectivity index (χ1n) is 7.22. The Hall–Kier alpha value is -3.22. The number of carbonyl (C=O) groups is 1. The summed E-state index contributed by atoms with van der Waals surface area (Å²) in [4.78, 5) is 20.2. The molecule has 3 aromatic heterocycles. The van der Waals surface area contributed by atoms with Crippen LogP contribution in [-0.2, 0) is 6.42 Å². The normalized spacial score (nSPS) is 10.3. The topological polar surface area (TPSA) is 84.7 Å². The molecule has 0 saturated heterocycles. The van der Waals surface area contributed by atoms with Crippen LogP contribution in [-0.4, -0.2) is 32.3 Å². The third-order valence-electron chi connectivity index (χ3n) is 3.12. The van der Waals surface area contributed by atoms with Crippen molar-refractivity contribution >= 4 is 11.7 Å². The second kappa shape index (κ2) is 7.17. The van der Waals surface area contributed by atoms with Gasteiger partial charge in [-0.1, -0.05) is 12.1 Å². The number of hydrogen-bond donors (Lipinski definition) is 2. The first-order chi connectivity index (χ1) is 11.3. The van der Waals surface area contributed by atoms with Gasteiger partial charge in [0.25, 0.3) is 0 Å². The molecule has 7 heteroatoms. The number of urea groups is 1. The highest BCUT2D eigenvalue weighted by molar-refractivity contribution is 5.88. The van der Waals surface area contributed by atoms with E-state index in [9.17, 15) is 4.79 Å². The minimum atomic E-state index is -0.276. The Kier molecular flexibility index (Phi) is 4.58. The molecule has 0 radical (unpaired) electrons. The van der Waals surface area contributed by atoms with Gasteiger partial charge in [-0.2, -0.15) is 5.10 Å². The summed E-state index contributed by atoms with van der Waals surface area (Å²) < 4.78 is 1.60. The molecular weight excluding hydrogens is 292 g/mol. The van der Waals surface area contributed by atoms with E-state index in [1.807, 2.05) is 36.4 Å². The van der Waals surface area contributed by atoms with E-state index in [-0.39, 0.29) is 6.03 Å². The highest BCUT2D eigenvalue weighted by Gasteiger charge is 2.05. The Bertz CT molecular complexity index is 757. The van der Waals surface area contributed by atoms with Gasteiger partial charge in [0, 0.05) is 31.1 Å². The van der Waals surface area contributed by atoms with Crippen molar-refractivity contribution in [2.45, 2.75) is 6.42 Å². The minimum Gasteiger partial charge on any atom is -0.337 e. The molecule has 2 amide bonds. The zero-order valence-corrected chi connectivity index (χ0v) is 12.4. The van der Waals surface area contributed by atoms with Gasteiger partial charge in [-0.15, -0.1) is 0 Å². The summed E-state index contributed by atoms with van der Waals surface area (Å²) in [5.41, 5.74) is 1.54. The average molecular weight is 308 g/mol. The Morgan fingerprint density at radius 2 is 1.91 bits per heavy atom. The van der Waals surface area contributed by atoms with E-state index in [0.29, 0.717) is 24.5 Å². The maximum atomic E-state index is 11.9. The zero-order chi connectivity index (χ0) is 15.9. The van der Waals surface area contributed by atoms with Gasteiger partial charge in [0.2, 0.25) is 0 Å². The lowest BCUT2D eigenvalue weighted by Crippen LogP contribution is -2.30. The van der Waals surface area contributed by atoms with Crippen LogP contribution >= 0.6 is 0 Å². The number of hydrogen-bond acceptors (Lipinski definition) is 4. The predicted octanol–water partition coefficient (Wildman–Crippen LogP) is 2.03. The molecule has 23 heavy (non-hydrogen) atoms. The smallest absolute Gasteiger partial charge is 0.319 e. The van der Waals surface area contributed by atoms with Crippen molar-refractivity contribution in [3.8, 4) is 5.82 Å². The molecule has 3 heterocycles. The summed E-state index contributed by atoms with van der Waals surface area (Å²) in [5.74, 6) is 0.691. The Morgan fingerprint density at radius 3 is 2.65 bits per heavy atom. The van der Waals surface area contributed by atoms with Gasteiger partial charge in [-0.05, 0) is 24.3 Å². The average Bonchev–Trinajstić information content (AvgIpc) is 3.05. The lowest BCUT2D eigenvalue weighted by atomic mass is 10.3. The van der Waals surface area contributed by atoms with Gasteiger partial charge in [-0.25, -0.2) is 14.5 Å². The zero-order valence-electron chi connectivity index (χ0n) is 12.4. The van der Waals surface area contributed by atoms with Crippen LogP contribution < -0.4 is 10.6 Å². The lowest BCUT2D eigenvalue weighted by molar-refractivity contribution is 0.252. The number of aromatic nitrogens is 4. The highest BCUT2D eigenvalue weighted by Crippen LogP contribution is 2.09. The predicted molar refractivity (Wildman–Crippen MR) is 86.3 cm³/mol. The van der Waals surface area contributed by atoms with Gasteiger partial charge < -0.3 is 10.6 Å². The van der Waals surface area contributed by atoms with Crippen molar-refractivity contribution in [1.82, 2.24) is 25.1 Å². The molecule has 116 valence electrons. The van der Waals surface area contributed by atoms with E-state index < -0.39 is 0 Å². The van der Waals surface area contributed by atoms with E-state index in [2.05, 4.69) is 25.7 Å². The molecule has 0 aliphatic heterocycles. The van der Waals surface area contributed by atoms with Crippen molar-refractivity contribution in [2.24, 2.45) is 0 Å². The van der Waals surface area contributed by atoms with Crippen LogP contribution in [0.15, 0.2) is 61.2 Å². The summed E-state index contributed by atoms with van der Waals surface area (Å²) in [6, 6.07) is 11.0. The summed E-state index contributed by atoms with van der Waals surface area (Å²) in [6.07, 6.45) is 7.39. The fraction of sp³-hybridized carbons (Fsp3) is 0.125. The number of nitrogens with one attached hydrogen (secondary N) is 2. The largest absolute Gasteiger partial charge is 0.337 e. The molecule has 3 rings (SSSR count). The first kappa shape index (κ1) is 14.7. The van der Waals surface area contributed by atoms with Crippen molar-refractivity contribution in [1.29, 1.82) is 0 Å². The van der Waals surface area contributed by atoms with Crippen LogP contribution in [0.1, 0.15) is 5.69 Å². The van der Waals surface area contributed by atoms with Crippen molar-refractivity contribution in [3.05, 3.63) is 66.9 Å². The van der Waals surface area contributed by atoms with Gasteiger partial charge in [0.1, 0.15) is 0 Å². The molecule has 0 bridgehead atoms. The van der Waals surface area contributed by atoms with Gasteiger partial charge in [-0.3, -0.25) is 4.98 Å². The van der Waals surface area contributed by atoms with Crippen LogP contribution in [0.4, 0.5) is 10.5 Å².